The number of carbonyl (C=O) groups is 1. The number of rotatable bonds is 4. The van der Waals surface area contributed by atoms with Gasteiger partial charge in [-0.3, -0.25) is 9.78 Å². The molecule has 1 atom stereocenters. The average molecular weight is 268 g/mol. The molecule has 0 saturated heterocycles. The number of aromatic nitrogens is 1. The van der Waals surface area contributed by atoms with Crippen molar-refractivity contribution in [1.29, 1.82) is 0 Å². The molecule has 1 aromatic heterocycles. The van der Waals surface area contributed by atoms with E-state index in [1.54, 1.807) is 0 Å². The van der Waals surface area contributed by atoms with Gasteiger partial charge in [-0.05, 0) is 30.4 Å². The molecule has 0 aliphatic heterocycles. The highest BCUT2D eigenvalue weighted by Gasteiger charge is 2.33. The molecule has 1 amide bonds. The fraction of sp³-hybridized carbons (Fsp3) is 0.250. The molecule has 0 radical (unpaired) electrons. The summed E-state index contributed by atoms with van der Waals surface area (Å²) in [6.45, 7) is 0. The van der Waals surface area contributed by atoms with Crippen molar-refractivity contribution in [1.82, 2.24) is 10.3 Å². The predicted octanol–water partition coefficient (Wildman–Crippen LogP) is 2.67. The van der Waals surface area contributed by atoms with Crippen molar-refractivity contribution in [3.05, 3.63) is 59.9 Å². The summed E-state index contributed by atoms with van der Waals surface area (Å²) in [5, 5.41) is 12.4. The van der Waals surface area contributed by atoms with Gasteiger partial charge in [0.05, 0.1) is 17.8 Å². The standard InChI is InChI=1S/C16H16N2O2/c19-14-8-13(9-17-10-14)16(20)18-15(12-6-7-12)11-4-2-1-3-5-11/h1-5,8-10,12,15,19H,6-7H2,(H,18,20). The average Bonchev–Trinajstić information content (AvgIpc) is 3.30. The third-order valence-electron chi connectivity index (χ3n) is 3.52. The highest BCUT2D eigenvalue weighted by atomic mass is 16.3. The summed E-state index contributed by atoms with van der Waals surface area (Å²) < 4.78 is 0. The molecule has 1 aromatic carbocycles. The van der Waals surface area contributed by atoms with Gasteiger partial charge in [0.15, 0.2) is 0 Å². The van der Waals surface area contributed by atoms with Crippen LogP contribution in [0.3, 0.4) is 0 Å². The first-order valence-corrected chi connectivity index (χ1v) is 6.74. The first-order valence-electron chi connectivity index (χ1n) is 6.74. The molecule has 1 aliphatic rings. The van der Waals surface area contributed by atoms with Crippen LogP contribution < -0.4 is 5.32 Å². The molecule has 2 N–H and O–H groups in total. The van der Waals surface area contributed by atoms with Gasteiger partial charge in [0, 0.05) is 6.20 Å². The maximum atomic E-state index is 12.3. The van der Waals surface area contributed by atoms with E-state index in [0.29, 0.717) is 11.5 Å². The minimum Gasteiger partial charge on any atom is -0.506 e. The number of nitrogens with zero attached hydrogens (tertiary/aromatic N) is 1. The van der Waals surface area contributed by atoms with Gasteiger partial charge in [0.2, 0.25) is 0 Å². The van der Waals surface area contributed by atoms with Gasteiger partial charge in [-0.25, -0.2) is 0 Å². The number of hydrogen-bond acceptors (Lipinski definition) is 3. The lowest BCUT2D eigenvalue weighted by atomic mass is 10.0. The second kappa shape index (κ2) is 5.33. The van der Waals surface area contributed by atoms with Crippen molar-refractivity contribution in [2.45, 2.75) is 18.9 Å². The number of pyridine rings is 1. The maximum absolute atomic E-state index is 12.3. The molecule has 3 rings (SSSR count). The van der Waals surface area contributed by atoms with Crippen molar-refractivity contribution < 1.29 is 9.90 Å². The molecule has 2 aromatic rings. The fourth-order valence-corrected chi connectivity index (χ4v) is 2.34. The Kier molecular flexibility index (Phi) is 3.37. The van der Waals surface area contributed by atoms with Gasteiger partial charge < -0.3 is 10.4 Å². The van der Waals surface area contributed by atoms with Crippen LogP contribution in [0.4, 0.5) is 0 Å². The first-order chi connectivity index (χ1) is 9.74. The van der Waals surface area contributed by atoms with Gasteiger partial charge in [-0.1, -0.05) is 30.3 Å². The minimum absolute atomic E-state index is 0.000308. The van der Waals surface area contributed by atoms with Crippen LogP contribution in [0.2, 0.25) is 0 Å². The molecule has 4 heteroatoms. The Morgan fingerprint density at radius 1 is 1.25 bits per heavy atom. The van der Waals surface area contributed by atoms with Crippen molar-refractivity contribution >= 4 is 5.91 Å². The van der Waals surface area contributed by atoms with E-state index in [2.05, 4.69) is 10.3 Å². The molecule has 1 fully saturated rings. The summed E-state index contributed by atoms with van der Waals surface area (Å²) in [5.41, 5.74) is 1.50. The Morgan fingerprint density at radius 3 is 2.65 bits per heavy atom. The zero-order chi connectivity index (χ0) is 13.9. The molecule has 102 valence electrons. The van der Waals surface area contributed by atoms with Gasteiger partial charge in [-0.2, -0.15) is 0 Å². The van der Waals surface area contributed by atoms with Crippen molar-refractivity contribution in [2.24, 2.45) is 5.92 Å². The van der Waals surface area contributed by atoms with Crippen LogP contribution in [-0.4, -0.2) is 16.0 Å². The quantitative estimate of drug-likeness (QED) is 0.896. The van der Waals surface area contributed by atoms with Crippen molar-refractivity contribution in [2.75, 3.05) is 0 Å². The fourth-order valence-electron chi connectivity index (χ4n) is 2.34. The zero-order valence-corrected chi connectivity index (χ0v) is 11.0. The molecule has 4 nitrogen and oxygen atoms in total. The van der Waals surface area contributed by atoms with E-state index >= 15 is 0 Å². The van der Waals surface area contributed by atoms with Crippen LogP contribution in [0.5, 0.6) is 5.75 Å². The Labute approximate surface area is 117 Å². The predicted molar refractivity (Wildman–Crippen MR) is 75.3 cm³/mol. The Bertz CT molecular complexity index is 609. The van der Waals surface area contributed by atoms with Crippen molar-refractivity contribution in [3.63, 3.8) is 0 Å². The van der Waals surface area contributed by atoms with Crippen LogP contribution in [0.15, 0.2) is 48.8 Å². The molecular weight excluding hydrogens is 252 g/mol. The Hall–Kier alpha value is -2.36. The Balaban J connectivity index is 1.79. The highest BCUT2D eigenvalue weighted by Crippen LogP contribution is 2.41. The molecular formula is C16H16N2O2. The number of benzene rings is 1. The Morgan fingerprint density at radius 2 is 2.00 bits per heavy atom. The van der Waals surface area contributed by atoms with Crippen molar-refractivity contribution in [3.8, 4) is 5.75 Å². The van der Waals surface area contributed by atoms with E-state index < -0.39 is 0 Å². The molecule has 1 saturated carbocycles. The van der Waals surface area contributed by atoms with Crippen LogP contribution in [0, 0.1) is 5.92 Å². The monoisotopic (exact) mass is 268 g/mol. The highest BCUT2D eigenvalue weighted by molar-refractivity contribution is 5.94. The first kappa shape index (κ1) is 12.7. The molecule has 1 aliphatic carbocycles. The summed E-state index contributed by atoms with van der Waals surface area (Å²) in [6.07, 6.45) is 5.05. The summed E-state index contributed by atoms with van der Waals surface area (Å²) in [6, 6.07) is 11.4. The number of nitrogens with one attached hydrogen (secondary N) is 1. The van der Waals surface area contributed by atoms with E-state index in [1.165, 1.54) is 18.5 Å². The van der Waals surface area contributed by atoms with Crippen LogP contribution >= 0.6 is 0 Å². The van der Waals surface area contributed by atoms with Crippen LogP contribution in [-0.2, 0) is 0 Å². The summed E-state index contributed by atoms with van der Waals surface area (Å²) in [5.74, 6) is 0.307. The topological polar surface area (TPSA) is 62.2 Å². The summed E-state index contributed by atoms with van der Waals surface area (Å²) in [7, 11) is 0. The van der Waals surface area contributed by atoms with Crippen LogP contribution in [0.25, 0.3) is 0 Å². The molecule has 0 bridgehead atoms. The SMILES string of the molecule is O=C(NC(c1ccccc1)C1CC1)c1cncc(O)c1. The summed E-state index contributed by atoms with van der Waals surface area (Å²) >= 11 is 0. The molecule has 20 heavy (non-hydrogen) atoms. The normalized spacial score (nSPS) is 15.6. The van der Waals surface area contributed by atoms with Gasteiger partial charge in [0.25, 0.3) is 5.91 Å². The molecule has 1 unspecified atom stereocenters. The smallest absolute Gasteiger partial charge is 0.253 e. The van der Waals surface area contributed by atoms with E-state index in [4.69, 9.17) is 0 Å². The van der Waals surface area contributed by atoms with E-state index in [9.17, 15) is 9.90 Å². The van der Waals surface area contributed by atoms with Crippen LogP contribution in [0.1, 0.15) is 34.8 Å². The minimum atomic E-state index is -0.200. The number of carbonyl (C=O) groups excluding carboxylic acids is 1. The third kappa shape index (κ3) is 2.79. The van der Waals surface area contributed by atoms with E-state index in [-0.39, 0.29) is 17.7 Å². The van der Waals surface area contributed by atoms with Gasteiger partial charge in [0.1, 0.15) is 5.75 Å². The molecule has 1 heterocycles. The lowest BCUT2D eigenvalue weighted by molar-refractivity contribution is 0.0931. The second-order valence-electron chi connectivity index (χ2n) is 5.13. The van der Waals surface area contributed by atoms with Gasteiger partial charge >= 0.3 is 0 Å². The van der Waals surface area contributed by atoms with Gasteiger partial charge in [-0.15, -0.1) is 0 Å². The van der Waals surface area contributed by atoms with E-state index in [1.807, 2.05) is 30.3 Å². The number of aromatic hydroxyl groups is 1. The molecule has 0 spiro atoms. The lowest BCUT2D eigenvalue weighted by Gasteiger charge is -2.18. The summed E-state index contributed by atoms with van der Waals surface area (Å²) in [4.78, 5) is 16.1. The maximum Gasteiger partial charge on any atom is 0.253 e. The number of amides is 1. The number of hydrogen-bond donors (Lipinski definition) is 2. The third-order valence-corrected chi connectivity index (χ3v) is 3.52. The zero-order valence-electron chi connectivity index (χ0n) is 11.0. The largest absolute Gasteiger partial charge is 0.506 e. The van der Waals surface area contributed by atoms with E-state index in [0.717, 1.165) is 18.4 Å². The second-order valence-corrected chi connectivity index (χ2v) is 5.13. The lowest BCUT2D eigenvalue weighted by Crippen LogP contribution is -2.29.